The first-order valence-electron chi connectivity index (χ1n) is 8.75. The third kappa shape index (κ3) is 5.05. The molecule has 0 unspecified atom stereocenters. The van der Waals surface area contributed by atoms with Crippen LogP contribution in [0.25, 0.3) is 0 Å². The number of carbonyl (C=O) groups excluding carboxylic acids is 2. The second-order valence-electron chi connectivity index (χ2n) is 6.59. The molecule has 0 atom stereocenters. The van der Waals surface area contributed by atoms with E-state index < -0.39 is 0 Å². The molecule has 0 radical (unpaired) electrons. The van der Waals surface area contributed by atoms with Crippen LogP contribution in [0.4, 0.5) is 10.1 Å². The average molecular weight is 390 g/mol. The Morgan fingerprint density at radius 1 is 1.11 bits per heavy atom. The van der Waals surface area contributed by atoms with Crippen molar-refractivity contribution < 1.29 is 14.0 Å². The van der Waals surface area contributed by atoms with E-state index in [-0.39, 0.29) is 24.2 Å². The Morgan fingerprint density at radius 2 is 1.85 bits per heavy atom. The molecule has 0 aromatic heterocycles. The summed E-state index contributed by atoms with van der Waals surface area (Å²) in [7, 11) is 0. The molecule has 1 fully saturated rings. The number of aryl methyl sites for hydroxylation is 1. The van der Waals surface area contributed by atoms with Crippen LogP contribution in [-0.4, -0.2) is 54.3 Å². The van der Waals surface area contributed by atoms with Crippen molar-refractivity contribution in [3.8, 4) is 0 Å². The molecule has 0 aliphatic carbocycles. The molecule has 0 bridgehead atoms. The molecular weight excluding hydrogens is 369 g/mol. The molecule has 7 heteroatoms. The van der Waals surface area contributed by atoms with Crippen molar-refractivity contribution in [1.82, 2.24) is 9.80 Å². The van der Waals surface area contributed by atoms with Crippen molar-refractivity contribution in [3.05, 3.63) is 64.4 Å². The maximum absolute atomic E-state index is 13.7. The monoisotopic (exact) mass is 389 g/mol. The highest BCUT2D eigenvalue weighted by molar-refractivity contribution is 6.30. The van der Waals surface area contributed by atoms with Crippen molar-refractivity contribution in [2.45, 2.75) is 6.92 Å². The number of nitrogens with zero attached hydrogens (tertiary/aromatic N) is 2. The van der Waals surface area contributed by atoms with Gasteiger partial charge in [-0.2, -0.15) is 0 Å². The first-order valence-corrected chi connectivity index (χ1v) is 9.13. The first-order chi connectivity index (χ1) is 12.9. The van der Waals surface area contributed by atoms with Gasteiger partial charge in [-0.1, -0.05) is 23.7 Å². The second-order valence-corrected chi connectivity index (χ2v) is 7.03. The standard InChI is InChI=1S/C20H21ClFN3O2/c1-14-5-6-15(11-18(14)22)20(27)25-9-7-24(8-10-25)13-19(26)23-17-4-2-3-16(21)12-17/h2-6,11-12H,7-10,13H2,1H3,(H,23,26). The molecule has 1 aliphatic heterocycles. The van der Waals surface area contributed by atoms with Gasteiger partial charge in [-0.15, -0.1) is 0 Å². The lowest BCUT2D eigenvalue weighted by atomic mass is 10.1. The summed E-state index contributed by atoms with van der Waals surface area (Å²) in [5.41, 5.74) is 1.52. The van der Waals surface area contributed by atoms with Crippen LogP contribution >= 0.6 is 11.6 Å². The third-order valence-corrected chi connectivity index (χ3v) is 4.79. The molecule has 27 heavy (non-hydrogen) atoms. The van der Waals surface area contributed by atoms with E-state index in [0.29, 0.717) is 48.0 Å². The van der Waals surface area contributed by atoms with E-state index in [9.17, 15) is 14.0 Å². The summed E-state index contributed by atoms with van der Waals surface area (Å²) in [4.78, 5) is 28.4. The van der Waals surface area contributed by atoms with E-state index in [1.165, 1.54) is 6.07 Å². The smallest absolute Gasteiger partial charge is 0.254 e. The minimum atomic E-state index is -0.378. The Labute approximate surface area is 162 Å². The Kier molecular flexibility index (Phi) is 6.08. The molecular formula is C20H21ClFN3O2. The Hall–Kier alpha value is -2.44. The summed E-state index contributed by atoms with van der Waals surface area (Å²) in [6.45, 7) is 4.08. The van der Waals surface area contributed by atoms with E-state index in [0.717, 1.165) is 0 Å². The van der Waals surface area contributed by atoms with Gasteiger partial charge in [-0.25, -0.2) is 4.39 Å². The quantitative estimate of drug-likeness (QED) is 0.873. The topological polar surface area (TPSA) is 52.7 Å². The number of anilines is 1. The van der Waals surface area contributed by atoms with Gasteiger partial charge >= 0.3 is 0 Å². The van der Waals surface area contributed by atoms with Crippen LogP contribution in [0.1, 0.15) is 15.9 Å². The number of hydrogen-bond acceptors (Lipinski definition) is 3. The fourth-order valence-corrected chi connectivity index (χ4v) is 3.18. The predicted molar refractivity (Wildman–Crippen MR) is 104 cm³/mol. The number of amides is 2. The maximum atomic E-state index is 13.7. The minimum Gasteiger partial charge on any atom is -0.336 e. The Morgan fingerprint density at radius 3 is 2.52 bits per heavy atom. The SMILES string of the molecule is Cc1ccc(C(=O)N2CCN(CC(=O)Nc3cccc(Cl)c3)CC2)cc1F. The average Bonchev–Trinajstić information content (AvgIpc) is 2.64. The molecule has 1 heterocycles. The summed E-state index contributed by atoms with van der Waals surface area (Å²) in [5, 5.41) is 3.38. The number of benzene rings is 2. The molecule has 1 saturated heterocycles. The Balaban J connectivity index is 1.50. The summed E-state index contributed by atoms with van der Waals surface area (Å²) in [5.74, 6) is -0.688. The molecule has 2 aromatic rings. The van der Waals surface area contributed by atoms with E-state index in [4.69, 9.17) is 11.6 Å². The molecule has 0 saturated carbocycles. The zero-order valence-electron chi connectivity index (χ0n) is 15.0. The molecule has 142 valence electrons. The third-order valence-electron chi connectivity index (χ3n) is 4.55. The van der Waals surface area contributed by atoms with Crippen molar-refractivity contribution >= 4 is 29.1 Å². The summed E-state index contributed by atoms with van der Waals surface area (Å²) < 4.78 is 13.7. The molecule has 2 amide bonds. The summed E-state index contributed by atoms with van der Waals surface area (Å²) in [6.07, 6.45) is 0. The van der Waals surface area contributed by atoms with Gasteiger partial charge in [0.1, 0.15) is 5.82 Å². The summed E-state index contributed by atoms with van der Waals surface area (Å²) >= 11 is 5.91. The molecule has 5 nitrogen and oxygen atoms in total. The predicted octanol–water partition coefficient (Wildman–Crippen LogP) is 3.18. The van der Waals surface area contributed by atoms with E-state index in [2.05, 4.69) is 5.32 Å². The fourth-order valence-electron chi connectivity index (χ4n) is 2.99. The van der Waals surface area contributed by atoms with Gasteiger partial charge in [0.2, 0.25) is 5.91 Å². The maximum Gasteiger partial charge on any atom is 0.254 e. The molecule has 2 aromatic carbocycles. The van der Waals surface area contributed by atoms with E-state index >= 15 is 0 Å². The molecule has 0 spiro atoms. The second kappa shape index (κ2) is 8.50. The number of halogens is 2. The normalized spacial score (nSPS) is 14.9. The van der Waals surface area contributed by atoms with E-state index in [1.807, 2.05) is 4.90 Å². The van der Waals surface area contributed by atoms with Crippen molar-refractivity contribution in [1.29, 1.82) is 0 Å². The largest absolute Gasteiger partial charge is 0.336 e. The first kappa shape index (κ1) is 19.3. The van der Waals surface area contributed by atoms with Crippen LogP contribution in [0.5, 0.6) is 0 Å². The van der Waals surface area contributed by atoms with Crippen molar-refractivity contribution in [2.75, 3.05) is 38.0 Å². The van der Waals surface area contributed by atoms with Gasteiger partial charge in [-0.05, 0) is 42.8 Å². The van der Waals surface area contributed by atoms with Crippen molar-refractivity contribution in [2.24, 2.45) is 0 Å². The number of rotatable bonds is 4. The van der Waals surface area contributed by atoms with Crippen LogP contribution in [0, 0.1) is 12.7 Å². The highest BCUT2D eigenvalue weighted by Gasteiger charge is 2.23. The molecule has 1 N–H and O–H groups in total. The highest BCUT2D eigenvalue weighted by atomic mass is 35.5. The van der Waals surface area contributed by atoms with Gasteiger partial charge < -0.3 is 10.2 Å². The molecule has 1 aliphatic rings. The zero-order chi connectivity index (χ0) is 19.4. The molecule has 3 rings (SSSR count). The van der Waals surface area contributed by atoms with Crippen molar-refractivity contribution in [3.63, 3.8) is 0 Å². The van der Waals surface area contributed by atoms with E-state index in [1.54, 1.807) is 48.2 Å². The minimum absolute atomic E-state index is 0.127. The van der Waals surface area contributed by atoms with Gasteiger partial charge in [0, 0.05) is 42.5 Å². The fraction of sp³-hybridized carbons (Fsp3) is 0.300. The van der Waals surface area contributed by atoms with Crippen LogP contribution in [0.3, 0.4) is 0 Å². The van der Waals surface area contributed by atoms with Crippen LogP contribution < -0.4 is 5.32 Å². The van der Waals surface area contributed by atoms with Crippen LogP contribution in [0.15, 0.2) is 42.5 Å². The van der Waals surface area contributed by atoms with Gasteiger partial charge in [-0.3, -0.25) is 14.5 Å². The van der Waals surface area contributed by atoms with Gasteiger partial charge in [0.25, 0.3) is 5.91 Å². The van der Waals surface area contributed by atoms with Gasteiger partial charge in [0.05, 0.1) is 6.54 Å². The van der Waals surface area contributed by atoms with Crippen LogP contribution in [0.2, 0.25) is 5.02 Å². The number of hydrogen-bond donors (Lipinski definition) is 1. The number of carbonyl (C=O) groups is 2. The zero-order valence-corrected chi connectivity index (χ0v) is 15.8. The highest BCUT2D eigenvalue weighted by Crippen LogP contribution is 2.16. The lowest BCUT2D eigenvalue weighted by molar-refractivity contribution is -0.117. The number of piperazine rings is 1. The Bertz CT molecular complexity index is 851. The van der Waals surface area contributed by atoms with Crippen LogP contribution in [-0.2, 0) is 4.79 Å². The lowest BCUT2D eigenvalue weighted by Crippen LogP contribution is -2.50. The lowest BCUT2D eigenvalue weighted by Gasteiger charge is -2.34. The number of nitrogens with one attached hydrogen (secondary N) is 1. The summed E-state index contributed by atoms with van der Waals surface area (Å²) in [6, 6.07) is 11.5. The van der Waals surface area contributed by atoms with Gasteiger partial charge in [0.15, 0.2) is 0 Å².